The molecule has 3 rings (SSSR count). The Kier molecular flexibility index (Phi) is 3.27. The molecule has 106 valence electrons. The summed E-state index contributed by atoms with van der Waals surface area (Å²) in [6.07, 6.45) is 1.04. The lowest BCUT2D eigenvalue weighted by atomic mass is 10.00. The first-order valence-electron chi connectivity index (χ1n) is 7.35. The molecule has 0 spiro atoms. The summed E-state index contributed by atoms with van der Waals surface area (Å²) in [5, 5.41) is 1.19. The molecule has 2 N–H and O–H groups in total. The highest BCUT2D eigenvalue weighted by Crippen LogP contribution is 2.36. The molecule has 3 nitrogen and oxygen atoms in total. The lowest BCUT2D eigenvalue weighted by molar-refractivity contribution is 0.115. The lowest BCUT2D eigenvalue weighted by Crippen LogP contribution is -2.43. The maximum atomic E-state index is 6.36. The molecule has 2 atom stereocenters. The van der Waals surface area contributed by atoms with Crippen LogP contribution in [0.5, 0.6) is 0 Å². The maximum absolute atomic E-state index is 6.36. The van der Waals surface area contributed by atoms with Crippen LogP contribution in [0, 0.1) is 0 Å². The van der Waals surface area contributed by atoms with Gasteiger partial charge in [0, 0.05) is 23.5 Å². The normalized spacial score (nSPS) is 24.4. The fraction of sp³-hybridized carbons (Fsp3) is 0.471. The van der Waals surface area contributed by atoms with Crippen LogP contribution in [-0.4, -0.2) is 28.0 Å². The largest absolute Gasteiger partial charge is 0.326 e. The molecule has 1 aliphatic heterocycles. The fourth-order valence-electron chi connectivity index (χ4n) is 3.19. The Morgan fingerprint density at radius 1 is 1.15 bits per heavy atom. The number of nitrogens with two attached hydrogens (primary N) is 1. The summed E-state index contributed by atoms with van der Waals surface area (Å²) in [6, 6.07) is 12.9. The molecule has 1 aromatic carbocycles. The summed E-state index contributed by atoms with van der Waals surface area (Å²) >= 11 is 0. The van der Waals surface area contributed by atoms with Gasteiger partial charge in [-0.15, -0.1) is 0 Å². The van der Waals surface area contributed by atoms with Gasteiger partial charge in [-0.1, -0.05) is 24.3 Å². The van der Waals surface area contributed by atoms with Crippen LogP contribution in [0.1, 0.15) is 38.9 Å². The molecule has 0 aliphatic carbocycles. The molecule has 2 heterocycles. The highest BCUT2D eigenvalue weighted by molar-refractivity contribution is 5.78. The van der Waals surface area contributed by atoms with Crippen molar-refractivity contribution < 1.29 is 0 Å². The number of fused-ring (bicyclic) bond motifs is 1. The molecule has 1 aromatic heterocycles. The van der Waals surface area contributed by atoms with Gasteiger partial charge in [-0.25, -0.2) is 0 Å². The van der Waals surface area contributed by atoms with E-state index >= 15 is 0 Å². The second-order valence-corrected chi connectivity index (χ2v) is 6.69. The van der Waals surface area contributed by atoms with Gasteiger partial charge in [0.05, 0.1) is 17.3 Å². The highest BCUT2D eigenvalue weighted by Gasteiger charge is 2.39. The van der Waals surface area contributed by atoms with Crippen LogP contribution < -0.4 is 5.73 Å². The maximum Gasteiger partial charge on any atom is 0.0706 e. The van der Waals surface area contributed by atoms with E-state index in [0.717, 1.165) is 24.2 Å². The third-order valence-corrected chi connectivity index (χ3v) is 4.23. The summed E-state index contributed by atoms with van der Waals surface area (Å²) in [5.74, 6) is 0. The molecule has 20 heavy (non-hydrogen) atoms. The van der Waals surface area contributed by atoms with E-state index in [0.29, 0.717) is 0 Å². The van der Waals surface area contributed by atoms with Crippen molar-refractivity contribution in [3.63, 3.8) is 0 Å². The van der Waals surface area contributed by atoms with Crippen molar-refractivity contribution in [2.24, 2.45) is 5.73 Å². The van der Waals surface area contributed by atoms with Gasteiger partial charge in [0.1, 0.15) is 0 Å². The SMILES string of the molecule is CC(C)(C)N1CCC(N)C1c1ccc2ccccc2n1. The van der Waals surface area contributed by atoms with E-state index in [2.05, 4.69) is 49.9 Å². The van der Waals surface area contributed by atoms with E-state index in [1.54, 1.807) is 0 Å². The zero-order valence-corrected chi connectivity index (χ0v) is 12.5. The first-order valence-corrected chi connectivity index (χ1v) is 7.35. The molecular weight excluding hydrogens is 246 g/mol. The van der Waals surface area contributed by atoms with Crippen molar-refractivity contribution in [1.82, 2.24) is 9.88 Å². The minimum absolute atomic E-state index is 0.117. The van der Waals surface area contributed by atoms with Gasteiger partial charge < -0.3 is 5.73 Å². The molecule has 0 saturated carbocycles. The summed E-state index contributed by atoms with van der Waals surface area (Å²) in [7, 11) is 0. The van der Waals surface area contributed by atoms with E-state index in [1.807, 2.05) is 12.1 Å². The van der Waals surface area contributed by atoms with E-state index in [-0.39, 0.29) is 17.6 Å². The molecule has 2 unspecified atom stereocenters. The Balaban J connectivity index is 2.03. The Labute approximate surface area is 120 Å². The minimum Gasteiger partial charge on any atom is -0.326 e. The van der Waals surface area contributed by atoms with E-state index < -0.39 is 0 Å². The second kappa shape index (κ2) is 4.83. The first kappa shape index (κ1) is 13.5. The summed E-state index contributed by atoms with van der Waals surface area (Å²) in [5.41, 5.74) is 8.63. The second-order valence-electron chi connectivity index (χ2n) is 6.69. The van der Waals surface area contributed by atoms with Crippen molar-refractivity contribution in [3.8, 4) is 0 Å². The quantitative estimate of drug-likeness (QED) is 0.865. The van der Waals surface area contributed by atoms with Crippen molar-refractivity contribution in [1.29, 1.82) is 0 Å². The Morgan fingerprint density at radius 2 is 1.90 bits per heavy atom. The zero-order chi connectivity index (χ0) is 14.3. The average molecular weight is 269 g/mol. The molecule has 0 bridgehead atoms. The average Bonchev–Trinajstić information content (AvgIpc) is 2.80. The standard InChI is InChI=1S/C17H23N3/c1-17(2,3)20-11-10-13(18)16(20)15-9-8-12-6-4-5-7-14(12)19-15/h4-9,13,16H,10-11,18H2,1-3H3. The number of benzene rings is 1. The van der Waals surface area contributed by atoms with E-state index in [9.17, 15) is 0 Å². The van der Waals surface area contributed by atoms with Gasteiger partial charge in [0.2, 0.25) is 0 Å². The molecular formula is C17H23N3. The zero-order valence-electron chi connectivity index (χ0n) is 12.5. The highest BCUT2D eigenvalue weighted by atomic mass is 15.3. The Morgan fingerprint density at radius 3 is 2.65 bits per heavy atom. The predicted molar refractivity (Wildman–Crippen MR) is 83.5 cm³/mol. The Hall–Kier alpha value is -1.45. The topological polar surface area (TPSA) is 42.1 Å². The van der Waals surface area contributed by atoms with E-state index in [1.165, 1.54) is 5.39 Å². The van der Waals surface area contributed by atoms with Crippen LogP contribution in [0.15, 0.2) is 36.4 Å². The van der Waals surface area contributed by atoms with Gasteiger partial charge >= 0.3 is 0 Å². The molecule has 0 amide bonds. The predicted octanol–water partition coefficient (Wildman–Crippen LogP) is 3.11. The Bertz CT molecular complexity index is 615. The van der Waals surface area contributed by atoms with Gasteiger partial charge in [-0.05, 0) is 39.3 Å². The number of aromatic nitrogens is 1. The molecule has 2 aromatic rings. The fourth-order valence-corrected chi connectivity index (χ4v) is 3.19. The van der Waals surface area contributed by atoms with Crippen LogP contribution in [0.3, 0.4) is 0 Å². The number of hydrogen-bond acceptors (Lipinski definition) is 3. The molecule has 1 saturated heterocycles. The number of para-hydroxylation sites is 1. The number of rotatable bonds is 1. The van der Waals surface area contributed by atoms with Crippen LogP contribution in [-0.2, 0) is 0 Å². The molecule has 1 aliphatic rings. The summed E-state index contributed by atoms with van der Waals surface area (Å²) in [6.45, 7) is 7.79. The number of nitrogens with zero attached hydrogens (tertiary/aromatic N) is 2. The first-order chi connectivity index (χ1) is 9.47. The van der Waals surface area contributed by atoms with Gasteiger partial charge in [0.15, 0.2) is 0 Å². The summed E-state index contributed by atoms with van der Waals surface area (Å²) in [4.78, 5) is 7.33. The molecule has 3 heteroatoms. The van der Waals surface area contributed by atoms with Crippen LogP contribution in [0.4, 0.5) is 0 Å². The van der Waals surface area contributed by atoms with Crippen LogP contribution >= 0.6 is 0 Å². The van der Waals surface area contributed by atoms with Gasteiger partial charge in [-0.3, -0.25) is 9.88 Å². The van der Waals surface area contributed by atoms with Crippen molar-refractivity contribution in [2.75, 3.05) is 6.54 Å². The molecule has 1 fully saturated rings. The number of pyridine rings is 1. The third-order valence-electron chi connectivity index (χ3n) is 4.23. The third kappa shape index (κ3) is 2.32. The van der Waals surface area contributed by atoms with Crippen molar-refractivity contribution in [3.05, 3.63) is 42.1 Å². The summed E-state index contributed by atoms with van der Waals surface area (Å²) < 4.78 is 0. The van der Waals surface area contributed by atoms with Crippen molar-refractivity contribution in [2.45, 2.75) is 44.8 Å². The van der Waals surface area contributed by atoms with Crippen molar-refractivity contribution >= 4 is 10.9 Å². The molecule has 0 radical (unpaired) electrons. The number of hydrogen-bond donors (Lipinski definition) is 1. The monoisotopic (exact) mass is 269 g/mol. The van der Waals surface area contributed by atoms with Crippen LogP contribution in [0.25, 0.3) is 10.9 Å². The smallest absolute Gasteiger partial charge is 0.0706 e. The van der Waals surface area contributed by atoms with E-state index in [4.69, 9.17) is 10.7 Å². The number of likely N-dealkylation sites (tertiary alicyclic amines) is 1. The van der Waals surface area contributed by atoms with Gasteiger partial charge in [0.25, 0.3) is 0 Å². The van der Waals surface area contributed by atoms with Crippen LogP contribution in [0.2, 0.25) is 0 Å². The lowest BCUT2D eigenvalue weighted by Gasteiger charge is -2.37. The minimum atomic E-state index is 0.117. The van der Waals surface area contributed by atoms with Gasteiger partial charge in [-0.2, -0.15) is 0 Å².